The van der Waals surface area contributed by atoms with E-state index >= 15 is 4.39 Å². The lowest BCUT2D eigenvalue weighted by molar-refractivity contribution is -0.149. The second-order valence-corrected chi connectivity index (χ2v) is 12.5. The molecular weight excluding hydrogens is 592 g/mol. The molecule has 1 aromatic carbocycles. The van der Waals surface area contributed by atoms with Gasteiger partial charge in [-0.3, -0.25) is 18.7 Å². The van der Waals surface area contributed by atoms with E-state index in [4.69, 9.17) is 23.3 Å². The van der Waals surface area contributed by atoms with Crippen LogP contribution in [-0.4, -0.2) is 69.5 Å². The van der Waals surface area contributed by atoms with Crippen molar-refractivity contribution >= 4 is 19.8 Å². The van der Waals surface area contributed by atoms with Gasteiger partial charge in [0.2, 0.25) is 0 Å². The monoisotopic (exact) mass is 629 g/mol. The van der Waals surface area contributed by atoms with Crippen LogP contribution in [-0.2, 0) is 28.1 Å². The highest BCUT2D eigenvalue weighted by Gasteiger charge is 2.56. The van der Waals surface area contributed by atoms with E-state index in [1.165, 1.54) is 19.1 Å². The molecule has 1 saturated heterocycles. The lowest BCUT2D eigenvalue weighted by atomic mass is 9.98. The van der Waals surface area contributed by atoms with E-state index in [-0.39, 0.29) is 22.8 Å². The third-order valence-corrected chi connectivity index (χ3v) is 7.78. The summed E-state index contributed by atoms with van der Waals surface area (Å²) in [5, 5.41) is 13.3. The molecule has 6 atom stereocenters. The number of nitrogens with one attached hydrogen (secondary N) is 1. The Hall–Kier alpha value is -3.36. The molecular formula is C27H37FN3O11P. The summed E-state index contributed by atoms with van der Waals surface area (Å²) >= 11 is 0. The van der Waals surface area contributed by atoms with Crippen LogP contribution in [0.3, 0.4) is 0 Å². The maximum Gasteiger partial charge on any atom is 0.459 e. The molecule has 1 aromatic heterocycles. The van der Waals surface area contributed by atoms with Gasteiger partial charge in [-0.2, -0.15) is 9.65 Å². The molecule has 14 nitrogen and oxygen atoms in total. The Morgan fingerprint density at radius 2 is 1.79 bits per heavy atom. The molecule has 1 fully saturated rings. The minimum atomic E-state index is -4.40. The predicted molar refractivity (Wildman–Crippen MR) is 150 cm³/mol. The van der Waals surface area contributed by atoms with Gasteiger partial charge in [0.1, 0.15) is 24.0 Å². The summed E-state index contributed by atoms with van der Waals surface area (Å²) in [6.45, 7) is 8.28. The largest absolute Gasteiger partial charge is 0.462 e. The lowest BCUT2D eigenvalue weighted by Gasteiger charge is -2.25. The van der Waals surface area contributed by atoms with Crippen molar-refractivity contribution in [2.45, 2.75) is 77.8 Å². The van der Waals surface area contributed by atoms with Crippen molar-refractivity contribution in [2.75, 3.05) is 13.2 Å². The number of carbonyl (C=O) groups excluding carboxylic acids is 2. The lowest BCUT2D eigenvalue weighted by Crippen LogP contribution is -2.48. The molecule has 0 bridgehead atoms. The van der Waals surface area contributed by atoms with Crippen LogP contribution in [0.1, 0.15) is 47.8 Å². The Bertz CT molecular complexity index is 1440. The van der Waals surface area contributed by atoms with Gasteiger partial charge in [-0.1, -0.05) is 32.0 Å². The van der Waals surface area contributed by atoms with Crippen LogP contribution in [0.2, 0.25) is 0 Å². The summed E-state index contributed by atoms with van der Waals surface area (Å²) in [6.07, 6.45) is -6.09. The number of carbonyl (C=O) groups is 2. The molecule has 1 aliphatic heterocycles. The molecule has 0 spiro atoms. The summed E-state index contributed by atoms with van der Waals surface area (Å²) in [5.41, 5.74) is -4.93. The van der Waals surface area contributed by atoms with Crippen LogP contribution < -0.4 is 20.9 Å². The van der Waals surface area contributed by atoms with E-state index in [1.807, 2.05) is 0 Å². The Morgan fingerprint density at radius 1 is 1.14 bits per heavy atom. The summed E-state index contributed by atoms with van der Waals surface area (Å²) in [6, 6.07) is 7.55. The third kappa shape index (κ3) is 8.39. The van der Waals surface area contributed by atoms with E-state index in [0.29, 0.717) is 4.57 Å². The SMILES string of the molecule is CC(C)COC(=O)n1c(=O)ccn([C@@H]2O[C@H](CO[P@@](=O)(N[C@@H](C)C(=O)OC(C)C)Oc3ccccc3)[C@@H](O)[C@@]2(C)F)c1=O. The number of ether oxygens (including phenoxy) is 3. The smallest absolute Gasteiger partial charge is 0.459 e. The highest BCUT2D eigenvalue weighted by molar-refractivity contribution is 7.52. The van der Waals surface area contributed by atoms with Gasteiger partial charge in [0.15, 0.2) is 11.9 Å². The van der Waals surface area contributed by atoms with E-state index in [1.54, 1.807) is 45.9 Å². The summed E-state index contributed by atoms with van der Waals surface area (Å²) < 4.78 is 57.2. The van der Waals surface area contributed by atoms with E-state index in [2.05, 4.69) is 5.09 Å². The van der Waals surface area contributed by atoms with Crippen LogP contribution in [0.5, 0.6) is 5.75 Å². The van der Waals surface area contributed by atoms with Crippen molar-refractivity contribution < 1.29 is 46.9 Å². The number of alkyl halides is 1. The molecule has 0 aliphatic carbocycles. The van der Waals surface area contributed by atoms with Crippen LogP contribution in [0, 0.1) is 5.92 Å². The topological polar surface area (TPSA) is 174 Å². The molecule has 2 heterocycles. The molecule has 3 rings (SSSR count). The predicted octanol–water partition coefficient (Wildman–Crippen LogP) is 2.77. The Morgan fingerprint density at radius 3 is 2.40 bits per heavy atom. The van der Waals surface area contributed by atoms with Crippen LogP contribution in [0.25, 0.3) is 0 Å². The number of rotatable bonds is 12. The fraction of sp³-hybridized carbons (Fsp3) is 0.556. The molecule has 0 saturated carbocycles. The average Bonchev–Trinajstić information content (AvgIpc) is 3.14. The number of hydrogen-bond donors (Lipinski definition) is 2. The number of esters is 1. The van der Waals surface area contributed by atoms with Crippen molar-refractivity contribution in [3.05, 3.63) is 63.4 Å². The molecule has 0 unspecified atom stereocenters. The first-order valence-corrected chi connectivity index (χ1v) is 15.1. The van der Waals surface area contributed by atoms with Crippen molar-refractivity contribution in [1.29, 1.82) is 0 Å². The van der Waals surface area contributed by atoms with E-state index in [9.17, 15) is 28.8 Å². The quantitative estimate of drug-likeness (QED) is 0.260. The number of halogens is 1. The zero-order valence-corrected chi connectivity index (χ0v) is 25.6. The number of benzene rings is 1. The first-order chi connectivity index (χ1) is 20.1. The molecule has 2 aromatic rings. The van der Waals surface area contributed by atoms with Gasteiger partial charge >= 0.3 is 25.5 Å². The van der Waals surface area contributed by atoms with Crippen molar-refractivity contribution in [2.24, 2.45) is 5.92 Å². The fourth-order valence-corrected chi connectivity index (χ4v) is 5.50. The second-order valence-electron chi connectivity index (χ2n) is 10.8. The zero-order chi connectivity index (χ0) is 32.1. The molecule has 0 amide bonds. The first kappa shape index (κ1) is 34.1. The normalized spacial score (nSPS) is 24.0. The molecule has 43 heavy (non-hydrogen) atoms. The number of aliphatic hydroxyl groups is 1. The van der Waals surface area contributed by atoms with Crippen LogP contribution in [0.15, 0.2) is 52.2 Å². The Labute approximate surface area is 247 Å². The fourth-order valence-electron chi connectivity index (χ4n) is 4.00. The Balaban J connectivity index is 1.85. The number of hydrogen-bond acceptors (Lipinski definition) is 11. The third-order valence-electron chi connectivity index (χ3n) is 6.14. The van der Waals surface area contributed by atoms with Gasteiger partial charge < -0.3 is 23.8 Å². The van der Waals surface area contributed by atoms with Gasteiger partial charge in [-0.25, -0.2) is 18.5 Å². The molecule has 2 N–H and O–H groups in total. The van der Waals surface area contributed by atoms with E-state index < -0.39 is 73.9 Å². The second kappa shape index (κ2) is 14.0. The first-order valence-electron chi connectivity index (χ1n) is 13.6. The molecule has 0 radical (unpaired) electrons. The van der Waals surface area contributed by atoms with Crippen molar-refractivity contribution in [3.63, 3.8) is 0 Å². The van der Waals surface area contributed by atoms with Crippen LogP contribution in [0.4, 0.5) is 9.18 Å². The van der Waals surface area contributed by atoms with Crippen molar-refractivity contribution in [3.8, 4) is 5.75 Å². The van der Waals surface area contributed by atoms with Gasteiger partial charge in [0, 0.05) is 12.3 Å². The molecule has 238 valence electrons. The molecule has 1 aliphatic rings. The number of para-hydroxylation sites is 1. The summed E-state index contributed by atoms with van der Waals surface area (Å²) in [5.74, 6) is -0.721. The Kier molecular flexibility index (Phi) is 11.1. The van der Waals surface area contributed by atoms with E-state index in [0.717, 1.165) is 19.2 Å². The van der Waals surface area contributed by atoms with Gasteiger partial charge in [-0.15, -0.1) is 0 Å². The minimum absolute atomic E-state index is 0.0779. The van der Waals surface area contributed by atoms with Gasteiger partial charge in [0.25, 0.3) is 5.56 Å². The number of nitrogens with zero attached hydrogens (tertiary/aromatic N) is 2. The van der Waals surface area contributed by atoms with Crippen molar-refractivity contribution in [1.82, 2.24) is 14.2 Å². The highest BCUT2D eigenvalue weighted by atomic mass is 31.2. The van der Waals surface area contributed by atoms with Crippen LogP contribution >= 0.6 is 7.75 Å². The standard InChI is InChI=1S/C27H37FN3O11P/c1-16(2)14-38-26(36)31-21(32)12-13-30(25(31)35)24-27(6,28)22(33)20(41-24)15-39-43(37,42-19-10-8-7-9-11-19)29-18(5)23(34)40-17(3)4/h7-13,16-18,20,22,24,33H,14-15H2,1-6H3,(H,29,37)/t18-,20+,22+,24+,27+,43-/m0/s1. The molecule has 16 heteroatoms. The summed E-state index contributed by atoms with van der Waals surface area (Å²) in [7, 11) is -4.40. The maximum absolute atomic E-state index is 15.9. The average molecular weight is 630 g/mol. The minimum Gasteiger partial charge on any atom is -0.462 e. The van der Waals surface area contributed by atoms with Gasteiger partial charge in [0.05, 0.1) is 19.3 Å². The highest BCUT2D eigenvalue weighted by Crippen LogP contribution is 2.47. The summed E-state index contributed by atoms with van der Waals surface area (Å²) in [4.78, 5) is 50.2. The van der Waals surface area contributed by atoms with Gasteiger partial charge in [-0.05, 0) is 45.7 Å². The number of aromatic nitrogens is 2. The maximum atomic E-state index is 15.9. The zero-order valence-electron chi connectivity index (χ0n) is 24.7. The number of aliphatic hydroxyl groups excluding tert-OH is 1.